The van der Waals surface area contributed by atoms with Gasteiger partial charge < -0.3 is 16.0 Å². The fourth-order valence-electron chi connectivity index (χ4n) is 2.24. The van der Waals surface area contributed by atoms with Crippen molar-refractivity contribution in [3.63, 3.8) is 0 Å². The smallest absolute Gasteiger partial charge is 0.242 e. The van der Waals surface area contributed by atoms with E-state index in [1.165, 1.54) is 0 Å². The summed E-state index contributed by atoms with van der Waals surface area (Å²) in [7, 11) is 0. The van der Waals surface area contributed by atoms with Gasteiger partial charge >= 0.3 is 0 Å². The number of rotatable bonds is 2. The molecule has 0 bridgehead atoms. The van der Waals surface area contributed by atoms with Gasteiger partial charge in [-0.1, -0.05) is 12.1 Å². The van der Waals surface area contributed by atoms with E-state index in [0.717, 1.165) is 13.6 Å². The van der Waals surface area contributed by atoms with Gasteiger partial charge in [-0.15, -0.1) is 0 Å². The Hall–Kier alpha value is -1.39. The second-order valence-corrected chi connectivity index (χ2v) is 7.09. The average Bonchev–Trinajstić information content (AvgIpc) is 2.51. The molecule has 0 saturated carbocycles. The molecule has 0 spiro atoms. The SMILES string of the molecule is O=C1CN(Cl)CC(=O)NC(Cc2ccc(I)cc2)C(=O)NCCN1. The maximum Gasteiger partial charge on any atom is 0.242 e. The Morgan fingerprint density at radius 3 is 2.38 bits per heavy atom. The summed E-state index contributed by atoms with van der Waals surface area (Å²) in [6, 6.07) is 7.04. The van der Waals surface area contributed by atoms with Crippen molar-refractivity contribution in [3.05, 3.63) is 33.4 Å². The van der Waals surface area contributed by atoms with E-state index in [1.807, 2.05) is 24.3 Å². The molecule has 1 aliphatic rings. The third kappa shape index (κ3) is 6.25. The maximum atomic E-state index is 12.3. The Morgan fingerprint density at radius 1 is 1.04 bits per heavy atom. The Bertz CT molecular complexity index is 611. The molecule has 0 aliphatic carbocycles. The van der Waals surface area contributed by atoms with Crippen molar-refractivity contribution in [2.45, 2.75) is 12.5 Å². The largest absolute Gasteiger partial charge is 0.353 e. The van der Waals surface area contributed by atoms with Crippen LogP contribution in [0.3, 0.4) is 0 Å². The van der Waals surface area contributed by atoms with Gasteiger partial charge in [0.25, 0.3) is 0 Å². The van der Waals surface area contributed by atoms with Crippen molar-refractivity contribution in [2.24, 2.45) is 0 Å². The van der Waals surface area contributed by atoms with Crippen molar-refractivity contribution >= 4 is 52.1 Å². The van der Waals surface area contributed by atoms with Crippen LogP contribution in [-0.2, 0) is 20.8 Å². The summed E-state index contributed by atoms with van der Waals surface area (Å²) in [6.07, 6.45) is 0.378. The summed E-state index contributed by atoms with van der Waals surface area (Å²) >= 11 is 8.08. The minimum Gasteiger partial charge on any atom is -0.353 e. The molecular weight excluding hydrogens is 447 g/mol. The first kappa shape index (κ1) is 18.9. The van der Waals surface area contributed by atoms with Crippen LogP contribution in [0.15, 0.2) is 24.3 Å². The first-order valence-corrected chi connectivity index (χ1v) is 8.84. The van der Waals surface area contributed by atoms with Gasteiger partial charge in [0.15, 0.2) is 0 Å². The number of amides is 3. The van der Waals surface area contributed by atoms with Crippen LogP contribution in [0.25, 0.3) is 0 Å². The number of halogens is 2. The Kier molecular flexibility index (Phi) is 7.25. The molecule has 7 nitrogen and oxygen atoms in total. The van der Waals surface area contributed by atoms with E-state index in [-0.39, 0.29) is 31.4 Å². The molecule has 0 aromatic heterocycles. The summed E-state index contributed by atoms with van der Waals surface area (Å²) in [6.45, 7) is 0.321. The molecule has 1 aromatic carbocycles. The zero-order chi connectivity index (χ0) is 17.5. The fourth-order valence-corrected chi connectivity index (χ4v) is 2.82. The number of hydrogen-bond donors (Lipinski definition) is 3. The maximum absolute atomic E-state index is 12.3. The lowest BCUT2D eigenvalue weighted by molar-refractivity contribution is -0.130. The van der Waals surface area contributed by atoms with E-state index in [1.54, 1.807) is 0 Å². The standard InChI is InChI=1S/C15H18ClIN4O3/c16-21-8-13(22)18-5-6-19-15(24)12(20-14(23)9-21)7-10-1-3-11(17)4-2-10/h1-4,12H,5-9H2,(H,18,22)(H,19,24)(H,20,23). The van der Waals surface area contributed by atoms with E-state index >= 15 is 0 Å². The molecule has 1 saturated heterocycles. The molecule has 0 radical (unpaired) electrons. The van der Waals surface area contributed by atoms with Gasteiger partial charge in [0.2, 0.25) is 17.7 Å². The fraction of sp³-hybridized carbons (Fsp3) is 0.400. The molecule has 1 aliphatic heterocycles. The number of benzene rings is 1. The highest BCUT2D eigenvalue weighted by molar-refractivity contribution is 14.1. The number of carbonyl (C=O) groups is 3. The molecule has 3 N–H and O–H groups in total. The summed E-state index contributed by atoms with van der Waals surface area (Å²) in [5.74, 6) is -1.01. The van der Waals surface area contributed by atoms with Gasteiger partial charge in [-0.05, 0) is 52.1 Å². The Balaban J connectivity index is 2.08. The van der Waals surface area contributed by atoms with Gasteiger partial charge in [-0.3, -0.25) is 14.4 Å². The molecular formula is C15H18ClIN4O3. The number of carbonyl (C=O) groups excluding carboxylic acids is 3. The van der Waals surface area contributed by atoms with Crippen LogP contribution in [0.2, 0.25) is 0 Å². The quantitative estimate of drug-likeness (QED) is 0.425. The Labute approximate surface area is 158 Å². The second-order valence-electron chi connectivity index (χ2n) is 5.37. The molecule has 3 amide bonds. The minimum absolute atomic E-state index is 0.0925. The summed E-state index contributed by atoms with van der Waals surface area (Å²) in [5, 5.41) is 8.03. The van der Waals surface area contributed by atoms with Gasteiger partial charge in [-0.25, -0.2) is 4.42 Å². The zero-order valence-corrected chi connectivity index (χ0v) is 15.8. The van der Waals surface area contributed by atoms with Crippen LogP contribution < -0.4 is 16.0 Å². The van der Waals surface area contributed by atoms with Crippen LogP contribution in [0, 0.1) is 3.57 Å². The first-order chi connectivity index (χ1) is 11.4. The van der Waals surface area contributed by atoms with Crippen molar-refractivity contribution in [1.29, 1.82) is 0 Å². The highest BCUT2D eigenvalue weighted by Gasteiger charge is 2.23. The van der Waals surface area contributed by atoms with E-state index in [2.05, 4.69) is 38.5 Å². The number of hydrogen-bond acceptors (Lipinski definition) is 4. The molecule has 1 unspecified atom stereocenters. The monoisotopic (exact) mass is 464 g/mol. The van der Waals surface area contributed by atoms with E-state index in [0.29, 0.717) is 13.0 Å². The third-order valence-electron chi connectivity index (χ3n) is 3.38. The highest BCUT2D eigenvalue weighted by atomic mass is 127. The first-order valence-electron chi connectivity index (χ1n) is 7.43. The minimum atomic E-state index is -0.697. The van der Waals surface area contributed by atoms with Crippen LogP contribution in [-0.4, -0.2) is 54.4 Å². The second kappa shape index (κ2) is 9.19. The summed E-state index contributed by atoms with van der Waals surface area (Å²) < 4.78 is 2.18. The number of nitrogens with zero attached hydrogens (tertiary/aromatic N) is 1. The van der Waals surface area contributed by atoms with Gasteiger partial charge in [-0.2, -0.15) is 0 Å². The van der Waals surface area contributed by atoms with Gasteiger partial charge in [0.05, 0.1) is 13.1 Å². The number of nitrogens with one attached hydrogen (secondary N) is 3. The van der Waals surface area contributed by atoms with Crippen LogP contribution in [0.4, 0.5) is 0 Å². The lowest BCUT2D eigenvalue weighted by atomic mass is 10.1. The van der Waals surface area contributed by atoms with Crippen LogP contribution in [0.5, 0.6) is 0 Å². The van der Waals surface area contributed by atoms with Crippen LogP contribution >= 0.6 is 34.4 Å². The summed E-state index contributed by atoms with van der Waals surface area (Å²) in [4.78, 5) is 35.9. The zero-order valence-electron chi connectivity index (χ0n) is 12.9. The molecule has 130 valence electrons. The topological polar surface area (TPSA) is 90.5 Å². The lowest BCUT2D eigenvalue weighted by Crippen LogP contribution is -2.52. The average molecular weight is 465 g/mol. The third-order valence-corrected chi connectivity index (χ3v) is 4.34. The summed E-state index contributed by atoms with van der Waals surface area (Å²) in [5.41, 5.74) is 0.944. The van der Waals surface area contributed by atoms with Crippen molar-refractivity contribution < 1.29 is 14.4 Å². The predicted octanol–water partition coefficient (Wildman–Crippen LogP) is 0.0203. The molecule has 1 heterocycles. The van der Waals surface area contributed by atoms with Gasteiger partial charge in [0.1, 0.15) is 6.04 Å². The molecule has 24 heavy (non-hydrogen) atoms. The molecule has 1 fully saturated rings. The van der Waals surface area contributed by atoms with Crippen molar-refractivity contribution in [1.82, 2.24) is 20.4 Å². The molecule has 9 heteroatoms. The molecule has 1 aromatic rings. The van der Waals surface area contributed by atoms with E-state index < -0.39 is 11.9 Å². The van der Waals surface area contributed by atoms with Crippen LogP contribution in [0.1, 0.15) is 5.56 Å². The van der Waals surface area contributed by atoms with E-state index in [4.69, 9.17) is 11.8 Å². The molecule has 2 rings (SSSR count). The van der Waals surface area contributed by atoms with E-state index in [9.17, 15) is 14.4 Å². The Morgan fingerprint density at radius 2 is 1.67 bits per heavy atom. The molecule has 1 atom stereocenters. The van der Waals surface area contributed by atoms with Crippen molar-refractivity contribution in [2.75, 3.05) is 26.2 Å². The predicted molar refractivity (Wildman–Crippen MR) is 98.2 cm³/mol. The van der Waals surface area contributed by atoms with Crippen molar-refractivity contribution in [3.8, 4) is 0 Å². The highest BCUT2D eigenvalue weighted by Crippen LogP contribution is 2.09. The van der Waals surface area contributed by atoms with Gasteiger partial charge in [0, 0.05) is 23.1 Å². The lowest BCUT2D eigenvalue weighted by Gasteiger charge is -2.21. The normalized spacial score (nSPS) is 21.1.